The largest absolute Gasteiger partial charge is 0.311 e. The quantitative estimate of drug-likeness (QED) is 0.852. The Labute approximate surface area is 125 Å². The normalized spacial score (nSPS) is 13.5. The van der Waals surface area contributed by atoms with Crippen molar-refractivity contribution in [2.24, 2.45) is 0 Å². The molecule has 0 saturated carbocycles. The number of carbonyl (C=O) groups excluding carboxylic acids is 1. The van der Waals surface area contributed by atoms with Gasteiger partial charge in [0.2, 0.25) is 0 Å². The minimum Gasteiger partial charge on any atom is -0.311 e. The fraction of sp³-hybridized carbons (Fsp3) is 0.278. The minimum atomic E-state index is 0.0764. The van der Waals surface area contributed by atoms with E-state index in [0.717, 1.165) is 34.1 Å². The molecule has 1 aliphatic heterocycles. The molecule has 0 aliphatic carbocycles. The molecule has 1 amide bonds. The van der Waals surface area contributed by atoms with Gasteiger partial charge in [-0.25, -0.2) is 0 Å². The number of hydrogen-bond donors (Lipinski definition) is 1. The Morgan fingerprint density at radius 1 is 1.24 bits per heavy atom. The Morgan fingerprint density at radius 2 is 1.95 bits per heavy atom. The third-order valence-corrected chi connectivity index (χ3v) is 3.79. The Balaban J connectivity index is 1.88. The molecule has 1 aliphatic rings. The molecule has 2 aromatic rings. The standard InChI is InChI=1S/C18H20N2O/c1-12(2)19-10-13(3)11-20-16-9-5-7-14-6-4-8-15(17(14)16)18(20)21/h4-9,12,19H,3,10-11H2,1-2H3. The van der Waals surface area contributed by atoms with Gasteiger partial charge >= 0.3 is 0 Å². The van der Waals surface area contributed by atoms with Crippen LogP contribution in [0.5, 0.6) is 0 Å². The molecule has 108 valence electrons. The first-order valence-electron chi connectivity index (χ1n) is 7.31. The summed E-state index contributed by atoms with van der Waals surface area (Å²) in [5.74, 6) is 0.0764. The summed E-state index contributed by atoms with van der Waals surface area (Å²) >= 11 is 0. The highest BCUT2D eigenvalue weighted by atomic mass is 16.2. The lowest BCUT2D eigenvalue weighted by Crippen LogP contribution is -2.33. The van der Waals surface area contributed by atoms with Crippen LogP contribution in [0.1, 0.15) is 24.2 Å². The molecule has 0 saturated heterocycles. The average Bonchev–Trinajstić information content (AvgIpc) is 2.73. The molecule has 1 heterocycles. The van der Waals surface area contributed by atoms with E-state index in [1.165, 1.54) is 0 Å². The van der Waals surface area contributed by atoms with Crippen LogP contribution in [0, 0.1) is 0 Å². The van der Waals surface area contributed by atoms with Crippen LogP contribution in [-0.2, 0) is 0 Å². The van der Waals surface area contributed by atoms with Gasteiger partial charge in [-0.1, -0.05) is 44.7 Å². The number of nitrogens with one attached hydrogen (secondary N) is 1. The van der Waals surface area contributed by atoms with Gasteiger partial charge in [0.05, 0.1) is 5.69 Å². The Kier molecular flexibility index (Phi) is 3.52. The van der Waals surface area contributed by atoms with Crippen molar-refractivity contribution >= 4 is 22.4 Å². The molecular formula is C18H20N2O. The van der Waals surface area contributed by atoms with Gasteiger partial charge in [0, 0.05) is 30.1 Å². The molecule has 0 bridgehead atoms. The van der Waals surface area contributed by atoms with Crippen molar-refractivity contribution in [2.75, 3.05) is 18.0 Å². The molecule has 0 fully saturated rings. The first-order valence-corrected chi connectivity index (χ1v) is 7.31. The van der Waals surface area contributed by atoms with Gasteiger partial charge in [0.15, 0.2) is 0 Å². The van der Waals surface area contributed by atoms with Gasteiger partial charge in [-0.3, -0.25) is 4.79 Å². The van der Waals surface area contributed by atoms with Crippen molar-refractivity contribution in [3.05, 3.63) is 54.1 Å². The SMILES string of the molecule is C=C(CNC(C)C)CN1C(=O)c2cccc3cccc1c23. The molecule has 0 spiro atoms. The van der Waals surface area contributed by atoms with E-state index in [1.807, 2.05) is 41.3 Å². The summed E-state index contributed by atoms with van der Waals surface area (Å²) in [7, 11) is 0. The highest BCUT2D eigenvalue weighted by Gasteiger charge is 2.29. The predicted molar refractivity (Wildman–Crippen MR) is 87.9 cm³/mol. The molecule has 3 nitrogen and oxygen atoms in total. The summed E-state index contributed by atoms with van der Waals surface area (Å²) < 4.78 is 0. The number of benzene rings is 2. The van der Waals surface area contributed by atoms with E-state index in [4.69, 9.17) is 0 Å². The van der Waals surface area contributed by atoms with Crippen LogP contribution in [-0.4, -0.2) is 25.0 Å². The second-order valence-electron chi connectivity index (χ2n) is 5.86. The van der Waals surface area contributed by atoms with Crippen LogP contribution in [0.3, 0.4) is 0 Å². The molecule has 0 unspecified atom stereocenters. The maximum atomic E-state index is 12.6. The fourth-order valence-electron chi connectivity index (χ4n) is 2.76. The summed E-state index contributed by atoms with van der Waals surface area (Å²) in [6.45, 7) is 9.59. The van der Waals surface area contributed by atoms with E-state index in [2.05, 4.69) is 25.7 Å². The number of nitrogens with zero attached hydrogens (tertiary/aromatic N) is 1. The summed E-state index contributed by atoms with van der Waals surface area (Å²) in [6, 6.07) is 12.4. The second-order valence-corrected chi connectivity index (χ2v) is 5.86. The summed E-state index contributed by atoms with van der Waals surface area (Å²) in [4.78, 5) is 14.5. The van der Waals surface area contributed by atoms with Crippen molar-refractivity contribution in [3.63, 3.8) is 0 Å². The number of hydrogen-bond acceptors (Lipinski definition) is 2. The highest BCUT2D eigenvalue weighted by molar-refractivity contribution is 6.25. The first kappa shape index (κ1) is 13.8. The van der Waals surface area contributed by atoms with Gasteiger partial charge in [-0.05, 0) is 23.1 Å². The van der Waals surface area contributed by atoms with Crippen LogP contribution < -0.4 is 10.2 Å². The number of rotatable bonds is 5. The Morgan fingerprint density at radius 3 is 2.67 bits per heavy atom. The zero-order valence-electron chi connectivity index (χ0n) is 12.5. The van der Waals surface area contributed by atoms with E-state index >= 15 is 0 Å². The van der Waals surface area contributed by atoms with E-state index in [1.54, 1.807) is 0 Å². The molecule has 3 rings (SSSR count). The number of amides is 1. The van der Waals surface area contributed by atoms with Crippen LogP contribution >= 0.6 is 0 Å². The van der Waals surface area contributed by atoms with Gasteiger partial charge in [-0.2, -0.15) is 0 Å². The summed E-state index contributed by atoms with van der Waals surface area (Å²) in [6.07, 6.45) is 0. The van der Waals surface area contributed by atoms with Gasteiger partial charge in [0.1, 0.15) is 0 Å². The van der Waals surface area contributed by atoms with Crippen LogP contribution in [0.2, 0.25) is 0 Å². The monoisotopic (exact) mass is 280 g/mol. The van der Waals surface area contributed by atoms with Gasteiger partial charge < -0.3 is 10.2 Å². The topological polar surface area (TPSA) is 32.3 Å². The maximum Gasteiger partial charge on any atom is 0.259 e. The van der Waals surface area contributed by atoms with E-state index in [-0.39, 0.29) is 5.91 Å². The molecule has 21 heavy (non-hydrogen) atoms. The first-order chi connectivity index (χ1) is 10.1. The van der Waals surface area contributed by atoms with Crippen molar-refractivity contribution in [2.45, 2.75) is 19.9 Å². The second kappa shape index (κ2) is 5.34. The predicted octanol–water partition coefficient (Wildman–Crippen LogP) is 3.35. The molecule has 0 atom stereocenters. The van der Waals surface area contributed by atoms with Crippen LogP contribution in [0.25, 0.3) is 10.8 Å². The summed E-state index contributed by atoms with van der Waals surface area (Å²) in [5.41, 5.74) is 2.81. The third-order valence-electron chi connectivity index (χ3n) is 3.79. The Bertz CT molecular complexity index is 713. The smallest absolute Gasteiger partial charge is 0.259 e. The molecule has 2 aromatic carbocycles. The van der Waals surface area contributed by atoms with E-state index in [0.29, 0.717) is 12.6 Å². The number of anilines is 1. The lowest BCUT2D eigenvalue weighted by molar-refractivity contribution is 0.0995. The molecule has 3 heteroatoms. The minimum absolute atomic E-state index is 0.0764. The van der Waals surface area contributed by atoms with Crippen molar-refractivity contribution < 1.29 is 4.79 Å². The molecule has 0 aromatic heterocycles. The van der Waals surface area contributed by atoms with E-state index in [9.17, 15) is 4.79 Å². The van der Waals surface area contributed by atoms with Crippen LogP contribution in [0.4, 0.5) is 5.69 Å². The lowest BCUT2D eigenvalue weighted by atomic mass is 10.1. The van der Waals surface area contributed by atoms with Gasteiger partial charge in [-0.15, -0.1) is 0 Å². The zero-order valence-corrected chi connectivity index (χ0v) is 12.5. The van der Waals surface area contributed by atoms with Gasteiger partial charge in [0.25, 0.3) is 5.91 Å². The molecule has 1 N–H and O–H groups in total. The Hall–Kier alpha value is -2.13. The lowest BCUT2D eigenvalue weighted by Gasteiger charge is -2.20. The summed E-state index contributed by atoms with van der Waals surface area (Å²) in [5, 5.41) is 5.52. The van der Waals surface area contributed by atoms with Crippen LogP contribution in [0.15, 0.2) is 48.6 Å². The molecule has 0 radical (unpaired) electrons. The molecular weight excluding hydrogens is 260 g/mol. The zero-order chi connectivity index (χ0) is 15.0. The van der Waals surface area contributed by atoms with Crippen molar-refractivity contribution in [1.82, 2.24) is 5.32 Å². The third kappa shape index (κ3) is 2.45. The van der Waals surface area contributed by atoms with Crippen molar-refractivity contribution in [1.29, 1.82) is 0 Å². The average molecular weight is 280 g/mol. The fourth-order valence-corrected chi connectivity index (χ4v) is 2.76. The number of carbonyl (C=O) groups is 1. The van der Waals surface area contributed by atoms with E-state index < -0.39 is 0 Å². The van der Waals surface area contributed by atoms with Crippen molar-refractivity contribution in [3.8, 4) is 0 Å². The highest BCUT2D eigenvalue weighted by Crippen LogP contribution is 2.37. The maximum absolute atomic E-state index is 12.6.